The van der Waals surface area contributed by atoms with Crippen LogP contribution in [0.4, 0.5) is 24.8 Å². The van der Waals surface area contributed by atoms with Crippen LogP contribution in [0.2, 0.25) is 0 Å². The normalized spacial score (nSPS) is 15.0. The molecule has 2 aromatic rings. The molecule has 0 amide bonds. The smallest absolute Gasteiger partial charge is 0.423 e. The first-order valence-electron chi connectivity index (χ1n) is 9.93. The summed E-state index contributed by atoms with van der Waals surface area (Å²) in [6.45, 7) is 6.21. The van der Waals surface area contributed by atoms with Crippen molar-refractivity contribution >= 4 is 11.6 Å². The van der Waals surface area contributed by atoms with Gasteiger partial charge in [-0.2, -0.15) is 18.2 Å². The van der Waals surface area contributed by atoms with E-state index in [0.717, 1.165) is 37.6 Å². The summed E-state index contributed by atoms with van der Waals surface area (Å²) in [5.74, 6) is 0.433. The van der Waals surface area contributed by atoms with Gasteiger partial charge in [0, 0.05) is 24.5 Å². The van der Waals surface area contributed by atoms with E-state index in [1.165, 1.54) is 0 Å². The molecule has 29 heavy (non-hydrogen) atoms. The molecule has 1 saturated carbocycles. The van der Waals surface area contributed by atoms with Crippen molar-refractivity contribution in [2.24, 2.45) is 0 Å². The van der Waals surface area contributed by atoms with E-state index in [1.54, 1.807) is 4.90 Å². The van der Waals surface area contributed by atoms with Gasteiger partial charge in [-0.25, -0.2) is 4.98 Å². The Balaban J connectivity index is 1.95. The lowest BCUT2D eigenvalue weighted by Crippen LogP contribution is -2.22. The van der Waals surface area contributed by atoms with Crippen LogP contribution in [-0.4, -0.2) is 28.7 Å². The molecule has 158 valence electrons. The van der Waals surface area contributed by atoms with Gasteiger partial charge in [-0.3, -0.25) is 0 Å². The molecular formula is C21H26F3N3O2. The van der Waals surface area contributed by atoms with Crippen molar-refractivity contribution in [1.29, 1.82) is 0 Å². The fourth-order valence-electron chi connectivity index (χ4n) is 3.37. The van der Waals surface area contributed by atoms with Gasteiger partial charge in [-0.05, 0) is 58.6 Å². The zero-order valence-corrected chi connectivity index (χ0v) is 16.9. The molecule has 0 radical (unpaired) electrons. The van der Waals surface area contributed by atoms with E-state index in [1.807, 2.05) is 45.0 Å². The fourth-order valence-corrected chi connectivity index (χ4v) is 3.37. The van der Waals surface area contributed by atoms with Gasteiger partial charge in [0.25, 0.3) is 0 Å². The van der Waals surface area contributed by atoms with Crippen molar-refractivity contribution in [3.8, 4) is 11.6 Å². The van der Waals surface area contributed by atoms with E-state index in [9.17, 15) is 13.2 Å². The molecule has 3 rings (SSSR count). The molecule has 0 atom stereocenters. The molecule has 1 aliphatic carbocycles. The monoisotopic (exact) mass is 409 g/mol. The number of alkyl halides is 3. The predicted octanol–water partition coefficient (Wildman–Crippen LogP) is 5.76. The van der Waals surface area contributed by atoms with Crippen molar-refractivity contribution < 1.29 is 22.6 Å². The zero-order chi connectivity index (χ0) is 21.0. The van der Waals surface area contributed by atoms with Gasteiger partial charge in [-0.15, -0.1) is 0 Å². The zero-order valence-electron chi connectivity index (χ0n) is 16.9. The van der Waals surface area contributed by atoms with Crippen molar-refractivity contribution in [1.82, 2.24) is 9.97 Å². The Morgan fingerprint density at radius 1 is 1.21 bits per heavy atom. The molecule has 0 aliphatic heterocycles. The summed E-state index contributed by atoms with van der Waals surface area (Å²) in [5, 5.41) is 0. The quantitative estimate of drug-likeness (QED) is 0.582. The van der Waals surface area contributed by atoms with E-state index >= 15 is 0 Å². The highest BCUT2D eigenvalue weighted by Gasteiger charge is 2.37. The van der Waals surface area contributed by atoms with E-state index in [0.29, 0.717) is 12.3 Å². The minimum atomic E-state index is -4.57. The standard InChI is InChI=1S/C21H26F3N3O2/c1-4-27(15-8-7-11-17(12-15)28-14(2)3)20-25-13-18(21(22,23)24)19(26-20)29-16-9-5-6-10-16/h7-8,11-14,16H,4-6,9-10H2,1-3H3. The lowest BCUT2D eigenvalue weighted by Gasteiger charge is -2.24. The molecule has 8 heteroatoms. The number of hydrogen-bond acceptors (Lipinski definition) is 5. The molecular weight excluding hydrogens is 383 g/mol. The molecule has 0 spiro atoms. The number of hydrogen-bond donors (Lipinski definition) is 0. The summed E-state index contributed by atoms with van der Waals surface area (Å²) in [6, 6.07) is 7.33. The summed E-state index contributed by atoms with van der Waals surface area (Å²) in [4.78, 5) is 9.90. The van der Waals surface area contributed by atoms with Crippen LogP contribution < -0.4 is 14.4 Å². The Morgan fingerprint density at radius 3 is 2.55 bits per heavy atom. The fraction of sp³-hybridized carbons (Fsp3) is 0.524. The summed E-state index contributed by atoms with van der Waals surface area (Å²) in [5.41, 5.74) is -0.210. The maximum atomic E-state index is 13.4. The minimum absolute atomic E-state index is 0.00839. The van der Waals surface area contributed by atoms with Gasteiger partial charge in [-0.1, -0.05) is 6.07 Å². The van der Waals surface area contributed by atoms with Crippen molar-refractivity contribution in [3.63, 3.8) is 0 Å². The Morgan fingerprint density at radius 2 is 1.93 bits per heavy atom. The van der Waals surface area contributed by atoms with Gasteiger partial charge in [0.1, 0.15) is 17.4 Å². The first-order chi connectivity index (χ1) is 13.8. The third-order valence-electron chi connectivity index (χ3n) is 4.69. The van der Waals surface area contributed by atoms with Crippen LogP contribution in [0.5, 0.6) is 11.6 Å². The average molecular weight is 409 g/mol. The van der Waals surface area contributed by atoms with Crippen LogP contribution in [0.1, 0.15) is 52.0 Å². The predicted molar refractivity (Wildman–Crippen MR) is 105 cm³/mol. The second-order valence-electron chi connectivity index (χ2n) is 7.32. The van der Waals surface area contributed by atoms with Crippen LogP contribution in [0.15, 0.2) is 30.5 Å². The number of aromatic nitrogens is 2. The molecule has 0 bridgehead atoms. The Bertz CT molecular complexity index is 821. The van der Waals surface area contributed by atoms with Crippen LogP contribution in [0.3, 0.4) is 0 Å². The van der Waals surface area contributed by atoms with E-state index in [-0.39, 0.29) is 18.2 Å². The largest absolute Gasteiger partial charge is 0.491 e. The van der Waals surface area contributed by atoms with Crippen LogP contribution in [-0.2, 0) is 6.18 Å². The SMILES string of the molecule is CCN(c1cccc(OC(C)C)c1)c1ncc(C(F)(F)F)c(OC2CCCC2)n1. The number of nitrogens with zero attached hydrogens (tertiary/aromatic N) is 3. The highest BCUT2D eigenvalue weighted by Crippen LogP contribution is 2.38. The first kappa shape index (κ1) is 21.2. The number of ether oxygens (including phenoxy) is 2. The topological polar surface area (TPSA) is 47.5 Å². The van der Waals surface area contributed by atoms with Gasteiger partial charge in [0.05, 0.1) is 6.10 Å². The Kier molecular flexibility index (Phi) is 6.49. The molecule has 1 heterocycles. The summed E-state index contributed by atoms with van der Waals surface area (Å²) in [6.07, 6.45) is -0.615. The summed E-state index contributed by atoms with van der Waals surface area (Å²) < 4.78 is 51.7. The van der Waals surface area contributed by atoms with Crippen molar-refractivity contribution in [2.45, 2.75) is 64.8 Å². The maximum Gasteiger partial charge on any atom is 0.423 e. The number of anilines is 2. The molecule has 0 saturated heterocycles. The lowest BCUT2D eigenvalue weighted by atomic mass is 10.2. The second-order valence-corrected chi connectivity index (χ2v) is 7.32. The van der Waals surface area contributed by atoms with Crippen LogP contribution in [0, 0.1) is 0 Å². The van der Waals surface area contributed by atoms with Crippen molar-refractivity contribution in [3.05, 3.63) is 36.0 Å². The van der Waals surface area contributed by atoms with E-state index < -0.39 is 17.6 Å². The lowest BCUT2D eigenvalue weighted by molar-refractivity contribution is -0.139. The maximum absolute atomic E-state index is 13.4. The van der Waals surface area contributed by atoms with Crippen LogP contribution in [0.25, 0.3) is 0 Å². The molecule has 1 aliphatic rings. The molecule has 1 fully saturated rings. The minimum Gasteiger partial charge on any atom is -0.491 e. The van der Waals surface area contributed by atoms with Gasteiger partial charge >= 0.3 is 6.18 Å². The number of rotatable bonds is 7. The highest BCUT2D eigenvalue weighted by molar-refractivity contribution is 5.59. The Labute approximate surface area is 168 Å². The Hall–Kier alpha value is -2.51. The van der Waals surface area contributed by atoms with Gasteiger partial charge < -0.3 is 14.4 Å². The number of benzene rings is 1. The van der Waals surface area contributed by atoms with Crippen molar-refractivity contribution in [2.75, 3.05) is 11.4 Å². The summed E-state index contributed by atoms with van der Waals surface area (Å²) >= 11 is 0. The average Bonchev–Trinajstić information content (AvgIpc) is 3.14. The molecule has 1 aromatic carbocycles. The molecule has 0 N–H and O–H groups in total. The van der Waals surface area contributed by atoms with Gasteiger partial charge in [0.2, 0.25) is 11.8 Å². The second kappa shape index (κ2) is 8.88. The highest BCUT2D eigenvalue weighted by atomic mass is 19.4. The number of halogens is 3. The third-order valence-corrected chi connectivity index (χ3v) is 4.69. The first-order valence-corrected chi connectivity index (χ1v) is 9.93. The third kappa shape index (κ3) is 5.31. The molecule has 0 unspecified atom stereocenters. The molecule has 5 nitrogen and oxygen atoms in total. The van der Waals surface area contributed by atoms with E-state index in [2.05, 4.69) is 9.97 Å². The summed E-state index contributed by atoms with van der Waals surface area (Å²) in [7, 11) is 0. The van der Waals surface area contributed by atoms with Crippen LogP contribution >= 0.6 is 0 Å². The molecule has 1 aromatic heterocycles. The van der Waals surface area contributed by atoms with E-state index in [4.69, 9.17) is 9.47 Å². The van der Waals surface area contributed by atoms with Gasteiger partial charge in [0.15, 0.2) is 0 Å².